The van der Waals surface area contributed by atoms with E-state index in [1.54, 1.807) is 34.7 Å². The molecule has 1 aromatic rings. The molecule has 0 spiro atoms. The molecule has 2 unspecified atom stereocenters. The topological polar surface area (TPSA) is 87.7 Å². The molecule has 0 aliphatic heterocycles. The third kappa shape index (κ3) is 6.97. The smallest absolute Gasteiger partial charge is 0.408 e. The third-order valence-corrected chi connectivity index (χ3v) is 5.98. The highest BCUT2D eigenvalue weighted by Crippen LogP contribution is 2.27. The first-order valence-electron chi connectivity index (χ1n) is 11.5. The predicted octanol–water partition coefficient (Wildman–Crippen LogP) is 4.17. The number of likely N-dealkylation sites (N-methyl/N-ethyl adjacent to an activating group) is 1. The molecule has 32 heavy (non-hydrogen) atoms. The van der Waals surface area contributed by atoms with Crippen molar-refractivity contribution in [3.63, 3.8) is 0 Å². The van der Waals surface area contributed by atoms with Crippen LogP contribution in [-0.2, 0) is 14.3 Å². The van der Waals surface area contributed by atoms with Crippen molar-refractivity contribution in [2.24, 2.45) is 0 Å². The molecule has 0 radical (unpaired) electrons. The summed E-state index contributed by atoms with van der Waals surface area (Å²) in [5.41, 5.74) is 2.15. The van der Waals surface area contributed by atoms with E-state index in [-0.39, 0.29) is 17.9 Å². The lowest BCUT2D eigenvalue weighted by atomic mass is 9.93. The standard InChI is InChI=1S/C25H39N3O4/c1-16-12-11-15-20(17(16)2)21(22(29)27-19-13-9-8-10-14-19)28(7)23(30)18(3)26-24(31)32-25(4,5)6/h11-12,15,18-19,21H,8-10,13-14H2,1-7H3,(H,26,31)(H,27,29). The number of hydrogen-bond donors (Lipinski definition) is 2. The van der Waals surface area contributed by atoms with Crippen LogP contribution in [0, 0.1) is 13.8 Å². The minimum Gasteiger partial charge on any atom is -0.444 e. The third-order valence-electron chi connectivity index (χ3n) is 5.98. The fourth-order valence-electron chi connectivity index (χ4n) is 4.10. The summed E-state index contributed by atoms with van der Waals surface area (Å²) >= 11 is 0. The van der Waals surface area contributed by atoms with Gasteiger partial charge in [-0.15, -0.1) is 0 Å². The van der Waals surface area contributed by atoms with Gasteiger partial charge in [-0.05, 0) is 71.1 Å². The van der Waals surface area contributed by atoms with E-state index in [1.165, 1.54) is 11.3 Å². The summed E-state index contributed by atoms with van der Waals surface area (Å²) in [4.78, 5) is 40.2. The van der Waals surface area contributed by atoms with Gasteiger partial charge in [-0.25, -0.2) is 4.79 Å². The molecule has 178 valence electrons. The van der Waals surface area contributed by atoms with Crippen molar-refractivity contribution in [2.45, 2.75) is 97.4 Å². The fourth-order valence-corrected chi connectivity index (χ4v) is 4.10. The Morgan fingerprint density at radius 1 is 1.09 bits per heavy atom. The Morgan fingerprint density at radius 3 is 2.31 bits per heavy atom. The average Bonchev–Trinajstić information content (AvgIpc) is 2.69. The molecule has 7 nitrogen and oxygen atoms in total. The van der Waals surface area contributed by atoms with Gasteiger partial charge < -0.3 is 20.3 Å². The Hall–Kier alpha value is -2.57. The maximum absolute atomic E-state index is 13.4. The van der Waals surface area contributed by atoms with Gasteiger partial charge in [-0.3, -0.25) is 9.59 Å². The van der Waals surface area contributed by atoms with Crippen molar-refractivity contribution in [2.75, 3.05) is 7.05 Å². The molecule has 2 N–H and O–H groups in total. The highest BCUT2D eigenvalue weighted by molar-refractivity contribution is 5.92. The summed E-state index contributed by atoms with van der Waals surface area (Å²) < 4.78 is 5.27. The lowest BCUT2D eigenvalue weighted by Crippen LogP contribution is -2.51. The van der Waals surface area contributed by atoms with E-state index in [0.29, 0.717) is 0 Å². The van der Waals surface area contributed by atoms with Gasteiger partial charge in [0.2, 0.25) is 11.8 Å². The fraction of sp³-hybridized carbons (Fsp3) is 0.640. The van der Waals surface area contributed by atoms with E-state index in [0.717, 1.165) is 42.4 Å². The second kappa shape index (κ2) is 10.8. The van der Waals surface area contributed by atoms with Crippen molar-refractivity contribution in [3.8, 4) is 0 Å². The highest BCUT2D eigenvalue weighted by atomic mass is 16.6. The first-order chi connectivity index (χ1) is 14.9. The zero-order chi connectivity index (χ0) is 24.1. The Balaban J connectivity index is 2.25. The van der Waals surface area contributed by atoms with Crippen molar-refractivity contribution in [3.05, 3.63) is 34.9 Å². The van der Waals surface area contributed by atoms with Gasteiger partial charge in [-0.2, -0.15) is 0 Å². The quantitative estimate of drug-likeness (QED) is 0.688. The Kier molecular flexibility index (Phi) is 8.70. The van der Waals surface area contributed by atoms with E-state index in [9.17, 15) is 14.4 Å². The summed E-state index contributed by atoms with van der Waals surface area (Å²) in [6, 6.07) is 4.29. The van der Waals surface area contributed by atoms with Crippen molar-refractivity contribution in [1.29, 1.82) is 0 Å². The number of alkyl carbamates (subject to hydrolysis) is 1. The molecule has 3 amide bonds. The number of rotatable bonds is 6. The van der Waals surface area contributed by atoms with E-state index in [1.807, 2.05) is 32.0 Å². The number of benzene rings is 1. The van der Waals surface area contributed by atoms with Gasteiger partial charge in [0.25, 0.3) is 0 Å². The van der Waals surface area contributed by atoms with Gasteiger partial charge in [-0.1, -0.05) is 37.5 Å². The first-order valence-corrected chi connectivity index (χ1v) is 11.5. The van der Waals surface area contributed by atoms with Gasteiger partial charge in [0.05, 0.1) is 0 Å². The minimum atomic E-state index is -0.843. The van der Waals surface area contributed by atoms with Gasteiger partial charge in [0.15, 0.2) is 0 Å². The summed E-state index contributed by atoms with van der Waals surface area (Å²) in [7, 11) is 1.61. The van der Waals surface area contributed by atoms with Crippen LogP contribution in [-0.4, -0.2) is 47.5 Å². The molecular weight excluding hydrogens is 406 g/mol. The van der Waals surface area contributed by atoms with Crippen molar-refractivity contribution in [1.82, 2.24) is 15.5 Å². The second-order valence-electron chi connectivity index (χ2n) is 9.85. The molecule has 1 aliphatic rings. The van der Waals surface area contributed by atoms with Crippen molar-refractivity contribution < 1.29 is 19.1 Å². The van der Waals surface area contributed by atoms with E-state index in [4.69, 9.17) is 4.74 Å². The number of carbonyl (C=O) groups is 3. The van der Waals surface area contributed by atoms with Crippen molar-refractivity contribution >= 4 is 17.9 Å². The minimum absolute atomic E-state index is 0.129. The maximum atomic E-state index is 13.4. The predicted molar refractivity (Wildman–Crippen MR) is 125 cm³/mol. The zero-order valence-corrected chi connectivity index (χ0v) is 20.6. The largest absolute Gasteiger partial charge is 0.444 e. The molecule has 0 aromatic heterocycles. The molecular formula is C25H39N3O4. The number of nitrogens with zero attached hydrogens (tertiary/aromatic N) is 1. The Bertz CT molecular complexity index is 825. The molecule has 0 bridgehead atoms. The van der Waals surface area contributed by atoms with Gasteiger partial charge in [0, 0.05) is 13.1 Å². The highest BCUT2D eigenvalue weighted by Gasteiger charge is 2.34. The van der Waals surface area contributed by atoms with Crippen LogP contribution in [0.1, 0.15) is 82.5 Å². The molecule has 0 saturated heterocycles. The van der Waals surface area contributed by atoms with E-state index >= 15 is 0 Å². The summed E-state index contributed by atoms with van der Waals surface area (Å²) in [6.07, 6.45) is 4.65. The van der Waals surface area contributed by atoms with Gasteiger partial charge >= 0.3 is 6.09 Å². The summed E-state index contributed by atoms with van der Waals surface area (Å²) in [5, 5.41) is 5.75. The Labute approximate surface area is 192 Å². The van der Waals surface area contributed by atoms with Crippen LogP contribution < -0.4 is 10.6 Å². The molecule has 1 aromatic carbocycles. The second-order valence-corrected chi connectivity index (χ2v) is 9.85. The monoisotopic (exact) mass is 445 g/mol. The lowest BCUT2D eigenvalue weighted by Gasteiger charge is -2.33. The van der Waals surface area contributed by atoms with E-state index < -0.39 is 23.8 Å². The number of nitrogens with one attached hydrogen (secondary N) is 2. The average molecular weight is 446 g/mol. The molecule has 1 aliphatic carbocycles. The van der Waals surface area contributed by atoms with Gasteiger partial charge in [0.1, 0.15) is 17.7 Å². The SMILES string of the molecule is Cc1cccc(C(C(=O)NC2CCCCC2)N(C)C(=O)C(C)NC(=O)OC(C)(C)C)c1C. The van der Waals surface area contributed by atoms with Crippen LogP contribution in [0.15, 0.2) is 18.2 Å². The molecule has 1 saturated carbocycles. The normalized spacial score (nSPS) is 16.6. The number of carbonyl (C=O) groups excluding carboxylic acids is 3. The zero-order valence-electron chi connectivity index (χ0n) is 20.6. The molecule has 7 heteroatoms. The molecule has 1 fully saturated rings. The summed E-state index contributed by atoms with van der Waals surface area (Å²) in [6.45, 7) is 10.8. The molecule has 0 heterocycles. The maximum Gasteiger partial charge on any atom is 0.408 e. The van der Waals surface area contributed by atoms with Crippen LogP contribution in [0.25, 0.3) is 0 Å². The Morgan fingerprint density at radius 2 is 1.72 bits per heavy atom. The number of hydrogen-bond acceptors (Lipinski definition) is 4. The number of ether oxygens (including phenoxy) is 1. The molecule has 2 rings (SSSR count). The lowest BCUT2D eigenvalue weighted by molar-refractivity contribution is -0.140. The number of aryl methyl sites for hydroxylation is 1. The molecule has 2 atom stereocenters. The van der Waals surface area contributed by atoms with Crippen LogP contribution in [0.5, 0.6) is 0 Å². The van der Waals surface area contributed by atoms with Crippen LogP contribution in [0.4, 0.5) is 4.79 Å². The van der Waals surface area contributed by atoms with E-state index in [2.05, 4.69) is 10.6 Å². The van der Waals surface area contributed by atoms with Crippen LogP contribution in [0.2, 0.25) is 0 Å². The number of amides is 3. The first kappa shape index (κ1) is 25.7. The van der Waals surface area contributed by atoms with Crippen LogP contribution in [0.3, 0.4) is 0 Å². The summed E-state index contributed by atoms with van der Waals surface area (Å²) in [5.74, 6) is -0.550. The van der Waals surface area contributed by atoms with Crippen LogP contribution >= 0.6 is 0 Å².